The van der Waals surface area contributed by atoms with E-state index in [4.69, 9.17) is 0 Å². The lowest BCUT2D eigenvalue weighted by atomic mass is 10.2. The molecular weight excluding hydrogens is 361 g/mol. The standard InChI is InChI=1S/C18H19F3N4O2/c1-11-8-15(26)16(17(27)24(2)14-6-7-22-10-14)23-25(11)13-5-3-4-12(9-13)18(19,20)21/h3-5,8-9,14,22H,6-7,10H2,1-2H3. The number of rotatable bonds is 3. The number of nitrogens with zero attached hydrogens (tertiary/aromatic N) is 3. The number of benzene rings is 1. The van der Waals surface area contributed by atoms with Crippen LogP contribution in [0.4, 0.5) is 13.2 Å². The third kappa shape index (κ3) is 3.87. The van der Waals surface area contributed by atoms with Crippen LogP contribution in [-0.2, 0) is 6.18 Å². The molecule has 0 spiro atoms. The van der Waals surface area contributed by atoms with E-state index < -0.39 is 23.1 Å². The second-order valence-corrected chi connectivity index (χ2v) is 6.52. The van der Waals surface area contributed by atoms with Crippen LogP contribution in [0.15, 0.2) is 35.1 Å². The van der Waals surface area contributed by atoms with Crippen molar-refractivity contribution in [2.75, 3.05) is 20.1 Å². The number of amides is 1. The Hall–Kier alpha value is -2.68. The van der Waals surface area contributed by atoms with Gasteiger partial charge in [-0.25, -0.2) is 4.68 Å². The molecule has 0 saturated carbocycles. The van der Waals surface area contributed by atoms with Crippen LogP contribution in [-0.4, -0.2) is 46.8 Å². The second-order valence-electron chi connectivity index (χ2n) is 6.52. The summed E-state index contributed by atoms with van der Waals surface area (Å²) in [7, 11) is 1.59. The number of aromatic nitrogens is 2. The lowest BCUT2D eigenvalue weighted by Gasteiger charge is -2.23. The summed E-state index contributed by atoms with van der Waals surface area (Å²) in [6.45, 7) is 2.95. The highest BCUT2D eigenvalue weighted by Gasteiger charge is 2.31. The quantitative estimate of drug-likeness (QED) is 0.885. The maximum Gasteiger partial charge on any atom is 0.416 e. The number of halogens is 3. The number of likely N-dealkylation sites (N-methyl/N-ethyl adjacent to an activating group) is 1. The van der Waals surface area contributed by atoms with Crippen LogP contribution in [0.5, 0.6) is 0 Å². The highest BCUT2D eigenvalue weighted by atomic mass is 19.4. The highest BCUT2D eigenvalue weighted by molar-refractivity contribution is 5.92. The Balaban J connectivity index is 2.02. The normalized spacial score (nSPS) is 17.1. The third-order valence-electron chi connectivity index (χ3n) is 4.63. The van der Waals surface area contributed by atoms with E-state index in [1.165, 1.54) is 27.8 Å². The van der Waals surface area contributed by atoms with Gasteiger partial charge in [-0.15, -0.1) is 0 Å². The molecule has 2 aromatic rings. The van der Waals surface area contributed by atoms with Crippen molar-refractivity contribution in [2.24, 2.45) is 0 Å². The summed E-state index contributed by atoms with van der Waals surface area (Å²) in [4.78, 5) is 26.5. The zero-order chi connectivity index (χ0) is 19.8. The fourth-order valence-electron chi connectivity index (χ4n) is 3.07. The smallest absolute Gasteiger partial charge is 0.336 e. The summed E-state index contributed by atoms with van der Waals surface area (Å²) in [5, 5.41) is 7.22. The van der Waals surface area contributed by atoms with Crippen LogP contribution in [0, 0.1) is 6.92 Å². The summed E-state index contributed by atoms with van der Waals surface area (Å²) in [5.41, 5.74) is -1.24. The molecule has 0 aliphatic carbocycles. The van der Waals surface area contributed by atoms with Crippen LogP contribution >= 0.6 is 0 Å². The van der Waals surface area contributed by atoms with Crippen molar-refractivity contribution in [1.29, 1.82) is 0 Å². The summed E-state index contributed by atoms with van der Waals surface area (Å²) in [6, 6.07) is 5.74. The number of carbonyl (C=O) groups is 1. The van der Waals surface area contributed by atoms with Gasteiger partial charge in [-0.3, -0.25) is 9.59 Å². The molecule has 6 nitrogen and oxygen atoms in total. The molecule has 27 heavy (non-hydrogen) atoms. The molecule has 1 amide bonds. The first-order chi connectivity index (χ1) is 12.7. The Morgan fingerprint density at radius 3 is 2.70 bits per heavy atom. The molecule has 3 rings (SSSR count). The molecule has 2 heterocycles. The predicted molar refractivity (Wildman–Crippen MR) is 92.9 cm³/mol. The van der Waals surface area contributed by atoms with Gasteiger partial charge in [0.15, 0.2) is 5.69 Å². The van der Waals surface area contributed by atoms with E-state index >= 15 is 0 Å². The first kappa shape index (κ1) is 19.1. The average molecular weight is 380 g/mol. The monoisotopic (exact) mass is 380 g/mol. The van der Waals surface area contributed by atoms with Crippen LogP contribution in [0.2, 0.25) is 0 Å². The lowest BCUT2D eigenvalue weighted by molar-refractivity contribution is -0.137. The number of aryl methyl sites for hydroxylation is 1. The molecule has 1 N–H and O–H groups in total. The van der Waals surface area contributed by atoms with Gasteiger partial charge in [0.2, 0.25) is 5.43 Å². The molecule has 1 aliphatic heterocycles. The third-order valence-corrected chi connectivity index (χ3v) is 4.63. The Morgan fingerprint density at radius 2 is 2.07 bits per heavy atom. The van der Waals surface area contributed by atoms with Gasteiger partial charge in [0.1, 0.15) is 0 Å². The van der Waals surface area contributed by atoms with E-state index in [1.54, 1.807) is 14.0 Å². The van der Waals surface area contributed by atoms with Gasteiger partial charge in [-0.05, 0) is 38.1 Å². The Kier molecular flexibility index (Phi) is 5.05. The van der Waals surface area contributed by atoms with Crippen molar-refractivity contribution in [3.8, 4) is 5.69 Å². The summed E-state index contributed by atoms with van der Waals surface area (Å²) >= 11 is 0. The predicted octanol–water partition coefficient (Wildman–Crippen LogP) is 1.99. The van der Waals surface area contributed by atoms with Crippen LogP contribution < -0.4 is 10.7 Å². The Labute approximate surface area is 153 Å². The zero-order valence-electron chi connectivity index (χ0n) is 14.9. The van der Waals surface area contributed by atoms with E-state index in [9.17, 15) is 22.8 Å². The highest BCUT2D eigenvalue weighted by Crippen LogP contribution is 2.30. The molecule has 0 bridgehead atoms. The molecule has 0 radical (unpaired) electrons. The second kappa shape index (κ2) is 7.15. The molecule has 9 heteroatoms. The minimum Gasteiger partial charge on any atom is -0.336 e. The molecule has 144 valence electrons. The fraction of sp³-hybridized carbons (Fsp3) is 0.389. The SMILES string of the molecule is Cc1cc(=O)c(C(=O)N(C)C2CCNC2)nn1-c1cccc(C(F)(F)F)c1. The van der Waals surface area contributed by atoms with E-state index in [0.29, 0.717) is 12.2 Å². The minimum absolute atomic E-state index is 0.0537. The van der Waals surface area contributed by atoms with Crippen molar-refractivity contribution in [3.05, 3.63) is 57.5 Å². The van der Waals surface area contributed by atoms with E-state index in [1.807, 2.05) is 0 Å². The topological polar surface area (TPSA) is 67.2 Å². The molecule has 1 saturated heterocycles. The van der Waals surface area contributed by atoms with Gasteiger partial charge in [0.05, 0.1) is 11.3 Å². The molecule has 1 fully saturated rings. The van der Waals surface area contributed by atoms with Crippen LogP contribution in [0.1, 0.15) is 28.2 Å². The van der Waals surface area contributed by atoms with Crippen molar-refractivity contribution >= 4 is 5.91 Å². The number of nitrogens with one attached hydrogen (secondary N) is 1. The zero-order valence-corrected chi connectivity index (χ0v) is 14.9. The van der Waals surface area contributed by atoms with Crippen molar-refractivity contribution in [1.82, 2.24) is 20.0 Å². The number of hydrogen-bond donors (Lipinski definition) is 1. The molecule has 1 aromatic heterocycles. The van der Waals surface area contributed by atoms with E-state index in [2.05, 4.69) is 10.4 Å². The fourth-order valence-corrected chi connectivity index (χ4v) is 3.07. The average Bonchev–Trinajstić information content (AvgIpc) is 3.14. The van der Waals surface area contributed by atoms with Gasteiger partial charge < -0.3 is 10.2 Å². The first-order valence-electron chi connectivity index (χ1n) is 8.45. The Morgan fingerprint density at radius 1 is 1.33 bits per heavy atom. The summed E-state index contributed by atoms with van der Waals surface area (Å²) < 4.78 is 40.1. The van der Waals surface area contributed by atoms with E-state index in [-0.39, 0.29) is 17.4 Å². The van der Waals surface area contributed by atoms with Gasteiger partial charge in [0, 0.05) is 31.4 Å². The van der Waals surface area contributed by atoms with Crippen molar-refractivity contribution in [2.45, 2.75) is 25.6 Å². The van der Waals surface area contributed by atoms with Crippen molar-refractivity contribution in [3.63, 3.8) is 0 Å². The molecule has 1 atom stereocenters. The molecule has 1 aromatic carbocycles. The Bertz CT molecular complexity index is 918. The lowest BCUT2D eigenvalue weighted by Crippen LogP contribution is -2.41. The number of hydrogen-bond acceptors (Lipinski definition) is 4. The maximum atomic E-state index is 13.0. The molecule has 1 unspecified atom stereocenters. The van der Waals surface area contributed by atoms with Crippen LogP contribution in [0.3, 0.4) is 0 Å². The van der Waals surface area contributed by atoms with Crippen molar-refractivity contribution < 1.29 is 18.0 Å². The maximum absolute atomic E-state index is 13.0. The summed E-state index contributed by atoms with van der Waals surface area (Å²) in [5.74, 6) is -0.547. The van der Waals surface area contributed by atoms with E-state index in [0.717, 1.165) is 25.1 Å². The largest absolute Gasteiger partial charge is 0.416 e. The summed E-state index contributed by atoms with van der Waals surface area (Å²) in [6.07, 6.45) is -3.74. The van der Waals surface area contributed by atoms with Gasteiger partial charge in [-0.1, -0.05) is 6.07 Å². The van der Waals surface area contributed by atoms with Gasteiger partial charge >= 0.3 is 6.18 Å². The molecular formula is C18H19F3N4O2. The van der Waals surface area contributed by atoms with Crippen LogP contribution in [0.25, 0.3) is 5.69 Å². The first-order valence-corrected chi connectivity index (χ1v) is 8.45. The molecule has 1 aliphatic rings. The number of alkyl halides is 3. The van der Waals surface area contributed by atoms with Gasteiger partial charge in [0.25, 0.3) is 5.91 Å². The minimum atomic E-state index is -4.50. The van der Waals surface area contributed by atoms with Gasteiger partial charge in [-0.2, -0.15) is 18.3 Å². The number of carbonyl (C=O) groups excluding carboxylic acids is 1.